The zero-order valence-electron chi connectivity index (χ0n) is 15.0. The van der Waals surface area contributed by atoms with Crippen LogP contribution in [-0.2, 0) is 13.2 Å². The first-order valence-corrected chi connectivity index (χ1v) is 9.31. The molecule has 0 atom stereocenters. The summed E-state index contributed by atoms with van der Waals surface area (Å²) in [5.74, 6) is 0.0109. The third-order valence-electron chi connectivity index (χ3n) is 4.61. The summed E-state index contributed by atoms with van der Waals surface area (Å²) in [6.45, 7) is 1.00. The maximum absolute atomic E-state index is 14.3. The Labute approximate surface area is 161 Å². The van der Waals surface area contributed by atoms with Crippen molar-refractivity contribution in [3.63, 3.8) is 0 Å². The monoisotopic (exact) mass is 386 g/mol. The first kappa shape index (κ1) is 18.0. The normalized spacial score (nSPS) is 14.1. The molecule has 3 aromatic rings. The molecule has 1 heterocycles. The maximum atomic E-state index is 14.3. The molecular formula is C20H20F2N4S. The maximum Gasteiger partial charge on any atom is 0.199 e. The van der Waals surface area contributed by atoms with Crippen LogP contribution in [0.25, 0.3) is 11.4 Å². The molecule has 0 aliphatic heterocycles. The summed E-state index contributed by atoms with van der Waals surface area (Å²) in [4.78, 5) is 2.00. The van der Waals surface area contributed by atoms with Crippen molar-refractivity contribution in [3.05, 3.63) is 70.5 Å². The van der Waals surface area contributed by atoms with Crippen LogP contribution in [0.5, 0.6) is 0 Å². The van der Waals surface area contributed by atoms with Crippen molar-refractivity contribution < 1.29 is 8.78 Å². The van der Waals surface area contributed by atoms with E-state index in [-0.39, 0.29) is 17.7 Å². The van der Waals surface area contributed by atoms with Gasteiger partial charge in [0.2, 0.25) is 0 Å². The van der Waals surface area contributed by atoms with Gasteiger partial charge in [-0.3, -0.25) is 9.47 Å². The Balaban J connectivity index is 1.63. The summed E-state index contributed by atoms with van der Waals surface area (Å²) in [6, 6.07) is 13.4. The van der Waals surface area contributed by atoms with E-state index < -0.39 is 0 Å². The third-order valence-corrected chi connectivity index (χ3v) is 5.02. The Hall–Kier alpha value is -2.38. The van der Waals surface area contributed by atoms with Crippen LogP contribution in [0, 0.1) is 16.4 Å². The van der Waals surface area contributed by atoms with E-state index >= 15 is 0 Å². The molecule has 0 saturated heterocycles. The highest BCUT2D eigenvalue weighted by Gasteiger charge is 2.30. The molecule has 27 heavy (non-hydrogen) atoms. The van der Waals surface area contributed by atoms with Crippen LogP contribution < -0.4 is 0 Å². The number of halogens is 2. The van der Waals surface area contributed by atoms with E-state index in [0.29, 0.717) is 29.4 Å². The zero-order chi connectivity index (χ0) is 19.0. The molecule has 1 aliphatic carbocycles. The Morgan fingerprint density at radius 1 is 1.15 bits per heavy atom. The molecule has 0 unspecified atom stereocenters. The van der Waals surface area contributed by atoms with Gasteiger partial charge < -0.3 is 0 Å². The second-order valence-corrected chi connectivity index (χ2v) is 7.34. The van der Waals surface area contributed by atoms with Gasteiger partial charge in [-0.1, -0.05) is 24.3 Å². The van der Waals surface area contributed by atoms with Crippen LogP contribution in [0.4, 0.5) is 8.78 Å². The molecule has 4 rings (SSSR count). The highest BCUT2D eigenvalue weighted by molar-refractivity contribution is 7.71. The minimum absolute atomic E-state index is 0.252. The second kappa shape index (κ2) is 7.32. The van der Waals surface area contributed by atoms with Gasteiger partial charge in [0.1, 0.15) is 11.6 Å². The molecule has 0 spiro atoms. The van der Waals surface area contributed by atoms with Gasteiger partial charge in [0.05, 0.1) is 12.2 Å². The Morgan fingerprint density at radius 3 is 2.63 bits per heavy atom. The summed E-state index contributed by atoms with van der Waals surface area (Å²) in [5, 5.41) is 4.62. The number of hydrogen-bond acceptors (Lipinski definition) is 3. The predicted molar refractivity (Wildman–Crippen MR) is 103 cm³/mol. The third kappa shape index (κ3) is 3.84. The van der Waals surface area contributed by atoms with Crippen LogP contribution in [0.15, 0.2) is 48.5 Å². The SMILES string of the molecule is CN(Cc1cccc(F)c1)Cn1nc(-c2ccccc2F)n(C2CC2)c1=S. The smallest absolute Gasteiger partial charge is 0.199 e. The highest BCUT2D eigenvalue weighted by atomic mass is 32.1. The quantitative estimate of drug-likeness (QED) is 0.570. The van der Waals surface area contributed by atoms with E-state index in [4.69, 9.17) is 12.2 Å². The molecule has 1 fully saturated rings. The predicted octanol–water partition coefficient (Wildman–Crippen LogP) is 4.78. The van der Waals surface area contributed by atoms with Crippen LogP contribution in [0.3, 0.4) is 0 Å². The van der Waals surface area contributed by atoms with Crippen LogP contribution in [-0.4, -0.2) is 26.3 Å². The van der Waals surface area contributed by atoms with Gasteiger partial charge in [0.25, 0.3) is 0 Å². The van der Waals surface area contributed by atoms with Crippen LogP contribution in [0.2, 0.25) is 0 Å². The minimum atomic E-state index is -0.306. The molecule has 0 bridgehead atoms. The number of benzene rings is 2. The molecule has 1 aliphatic rings. The molecule has 0 radical (unpaired) electrons. The first-order valence-electron chi connectivity index (χ1n) is 8.90. The highest BCUT2D eigenvalue weighted by Crippen LogP contribution is 2.39. The lowest BCUT2D eigenvalue weighted by Crippen LogP contribution is -2.22. The molecule has 7 heteroatoms. The summed E-state index contributed by atoms with van der Waals surface area (Å²) in [5.41, 5.74) is 1.34. The van der Waals surface area contributed by atoms with Gasteiger partial charge in [-0.05, 0) is 61.9 Å². The standard InChI is InChI=1S/C20H20F2N4S/c1-24(12-14-5-4-6-15(21)11-14)13-25-20(27)26(16-9-10-16)19(23-25)17-7-2-3-8-18(17)22/h2-8,11,16H,9-10,12-13H2,1H3. The summed E-state index contributed by atoms with van der Waals surface area (Å²) in [7, 11) is 1.92. The van der Waals surface area contributed by atoms with E-state index in [1.165, 1.54) is 18.2 Å². The van der Waals surface area contributed by atoms with Gasteiger partial charge >= 0.3 is 0 Å². The van der Waals surface area contributed by atoms with Gasteiger partial charge in [0.15, 0.2) is 10.6 Å². The Bertz CT molecular complexity index is 1020. The molecular weight excluding hydrogens is 366 g/mol. The fourth-order valence-corrected chi connectivity index (χ4v) is 3.56. The van der Waals surface area contributed by atoms with Crippen molar-refractivity contribution in [1.82, 2.24) is 19.2 Å². The van der Waals surface area contributed by atoms with Gasteiger partial charge in [0, 0.05) is 12.6 Å². The lowest BCUT2D eigenvalue weighted by molar-refractivity contribution is 0.243. The zero-order valence-corrected chi connectivity index (χ0v) is 15.8. The van der Waals surface area contributed by atoms with Crippen molar-refractivity contribution >= 4 is 12.2 Å². The average Bonchev–Trinajstić information content (AvgIpc) is 3.41. The van der Waals surface area contributed by atoms with Gasteiger partial charge in [-0.25, -0.2) is 13.5 Å². The fraction of sp³-hybridized carbons (Fsp3) is 0.300. The van der Waals surface area contributed by atoms with E-state index in [2.05, 4.69) is 5.10 Å². The number of hydrogen-bond donors (Lipinski definition) is 0. The Morgan fingerprint density at radius 2 is 1.93 bits per heavy atom. The van der Waals surface area contributed by atoms with Gasteiger partial charge in [-0.2, -0.15) is 5.10 Å². The lowest BCUT2D eigenvalue weighted by atomic mass is 10.2. The van der Waals surface area contributed by atoms with Gasteiger partial charge in [-0.15, -0.1) is 0 Å². The first-order chi connectivity index (χ1) is 13.0. The molecule has 140 valence electrons. The van der Waals surface area contributed by atoms with E-state index in [9.17, 15) is 8.78 Å². The van der Waals surface area contributed by atoms with Crippen molar-refractivity contribution in [2.75, 3.05) is 7.05 Å². The molecule has 4 nitrogen and oxygen atoms in total. The topological polar surface area (TPSA) is 26.0 Å². The van der Waals surface area contributed by atoms with E-state index in [1.54, 1.807) is 28.9 Å². The van der Waals surface area contributed by atoms with Crippen molar-refractivity contribution in [1.29, 1.82) is 0 Å². The van der Waals surface area contributed by atoms with E-state index in [0.717, 1.165) is 18.4 Å². The number of rotatable bonds is 6. The second-order valence-electron chi connectivity index (χ2n) is 6.97. The number of nitrogens with zero attached hydrogens (tertiary/aromatic N) is 4. The summed E-state index contributed by atoms with van der Waals surface area (Å²) >= 11 is 5.63. The van der Waals surface area contributed by atoms with Crippen LogP contribution in [0.1, 0.15) is 24.4 Å². The van der Waals surface area contributed by atoms with Crippen molar-refractivity contribution in [3.8, 4) is 11.4 Å². The molecule has 1 saturated carbocycles. The van der Waals surface area contributed by atoms with E-state index in [1.807, 2.05) is 22.6 Å². The Kier molecular flexibility index (Phi) is 4.88. The molecule has 0 amide bonds. The number of aromatic nitrogens is 3. The molecule has 0 N–H and O–H groups in total. The van der Waals surface area contributed by atoms with Crippen molar-refractivity contribution in [2.45, 2.75) is 32.1 Å². The van der Waals surface area contributed by atoms with Crippen LogP contribution >= 0.6 is 12.2 Å². The summed E-state index contributed by atoms with van der Waals surface area (Å²) in [6.07, 6.45) is 2.06. The van der Waals surface area contributed by atoms with Crippen molar-refractivity contribution in [2.24, 2.45) is 0 Å². The lowest BCUT2D eigenvalue weighted by Gasteiger charge is -2.16. The average molecular weight is 386 g/mol. The molecule has 2 aromatic carbocycles. The minimum Gasteiger partial charge on any atom is -0.297 e. The molecule has 1 aromatic heterocycles. The fourth-order valence-electron chi connectivity index (χ4n) is 3.23. The largest absolute Gasteiger partial charge is 0.297 e. The summed E-state index contributed by atoms with van der Waals surface area (Å²) < 4.78 is 32.0.